The molecular weight excluding hydrogens is 204 g/mol. The van der Waals surface area contributed by atoms with Crippen molar-refractivity contribution in [2.75, 3.05) is 26.3 Å². The van der Waals surface area contributed by atoms with Crippen molar-refractivity contribution < 1.29 is 9.53 Å². The molecule has 0 bridgehead atoms. The molecule has 16 heavy (non-hydrogen) atoms. The van der Waals surface area contributed by atoms with Crippen molar-refractivity contribution in [3.05, 3.63) is 0 Å². The third kappa shape index (κ3) is 3.19. The van der Waals surface area contributed by atoms with Crippen molar-refractivity contribution in [3.63, 3.8) is 0 Å². The fourth-order valence-corrected chi connectivity index (χ4v) is 2.46. The number of amides is 1. The zero-order chi connectivity index (χ0) is 11.4. The molecular formula is C12H21N2O2. The monoisotopic (exact) mass is 225 g/mol. The fraction of sp³-hybridized carbons (Fsp3) is 0.917. The van der Waals surface area contributed by atoms with Gasteiger partial charge in [0, 0.05) is 45.3 Å². The third-order valence-corrected chi connectivity index (χ3v) is 3.52. The maximum atomic E-state index is 11.2. The molecule has 0 aromatic rings. The van der Waals surface area contributed by atoms with Crippen LogP contribution in [-0.4, -0.2) is 49.2 Å². The summed E-state index contributed by atoms with van der Waals surface area (Å²) in [4.78, 5) is 13.1. The Hall–Kier alpha value is -0.610. The van der Waals surface area contributed by atoms with E-state index in [1.54, 1.807) is 6.92 Å². The molecule has 91 valence electrons. The molecule has 0 aliphatic carbocycles. The normalized spacial score (nSPS) is 24.7. The predicted molar refractivity (Wildman–Crippen MR) is 61.3 cm³/mol. The fourth-order valence-electron chi connectivity index (χ4n) is 2.46. The van der Waals surface area contributed by atoms with Gasteiger partial charge < -0.3 is 9.64 Å². The van der Waals surface area contributed by atoms with Crippen LogP contribution in [0.4, 0.5) is 0 Å². The van der Waals surface area contributed by atoms with Gasteiger partial charge in [-0.15, -0.1) is 0 Å². The van der Waals surface area contributed by atoms with Crippen LogP contribution >= 0.6 is 0 Å². The van der Waals surface area contributed by atoms with Crippen LogP contribution in [0.25, 0.3) is 0 Å². The Balaban J connectivity index is 1.70. The molecule has 2 aliphatic rings. The molecule has 4 heteroatoms. The molecule has 0 unspecified atom stereocenters. The van der Waals surface area contributed by atoms with E-state index in [2.05, 4.69) is 0 Å². The Morgan fingerprint density at radius 3 is 2.25 bits per heavy atom. The minimum Gasteiger partial charge on any atom is -0.381 e. The van der Waals surface area contributed by atoms with Crippen LogP contribution < -0.4 is 5.32 Å². The molecule has 0 atom stereocenters. The van der Waals surface area contributed by atoms with Gasteiger partial charge in [0.25, 0.3) is 0 Å². The van der Waals surface area contributed by atoms with Crippen molar-refractivity contribution in [2.24, 2.45) is 0 Å². The zero-order valence-corrected chi connectivity index (χ0v) is 10.0. The van der Waals surface area contributed by atoms with E-state index >= 15 is 0 Å². The summed E-state index contributed by atoms with van der Waals surface area (Å²) in [5.41, 5.74) is 0. The molecule has 0 N–H and O–H groups in total. The summed E-state index contributed by atoms with van der Waals surface area (Å²) in [5.74, 6) is 0.199. The standard InChI is InChI=1S/C12H21N2O2/c1-10(15)14-6-2-11(3-7-14)13-12-4-8-16-9-5-12/h11-12H,2-9H2,1H3. The van der Waals surface area contributed by atoms with Crippen molar-refractivity contribution in [1.29, 1.82) is 0 Å². The molecule has 1 amide bonds. The van der Waals surface area contributed by atoms with Crippen molar-refractivity contribution in [1.82, 2.24) is 10.2 Å². The molecule has 0 spiro atoms. The van der Waals surface area contributed by atoms with Crippen LogP contribution in [0.5, 0.6) is 0 Å². The van der Waals surface area contributed by atoms with Gasteiger partial charge in [-0.1, -0.05) is 0 Å². The quantitative estimate of drug-likeness (QED) is 0.697. The molecule has 0 aromatic carbocycles. The van der Waals surface area contributed by atoms with Crippen LogP contribution in [-0.2, 0) is 9.53 Å². The van der Waals surface area contributed by atoms with Crippen molar-refractivity contribution in [2.45, 2.75) is 44.7 Å². The second kappa shape index (κ2) is 5.64. The zero-order valence-electron chi connectivity index (χ0n) is 10.0. The average molecular weight is 225 g/mol. The van der Waals surface area contributed by atoms with E-state index in [0.717, 1.165) is 52.0 Å². The molecule has 2 rings (SSSR count). The lowest BCUT2D eigenvalue weighted by Crippen LogP contribution is -2.45. The Bertz CT molecular complexity index is 231. The van der Waals surface area contributed by atoms with Gasteiger partial charge in [-0.05, 0) is 25.7 Å². The van der Waals surface area contributed by atoms with Gasteiger partial charge in [0.05, 0.1) is 0 Å². The maximum absolute atomic E-state index is 11.2. The largest absolute Gasteiger partial charge is 0.381 e. The summed E-state index contributed by atoms with van der Waals surface area (Å²) >= 11 is 0. The van der Waals surface area contributed by atoms with E-state index in [9.17, 15) is 4.79 Å². The smallest absolute Gasteiger partial charge is 0.219 e. The highest BCUT2D eigenvalue weighted by Crippen LogP contribution is 2.16. The van der Waals surface area contributed by atoms with E-state index in [0.29, 0.717) is 12.1 Å². The second-order valence-electron chi connectivity index (χ2n) is 4.73. The van der Waals surface area contributed by atoms with E-state index in [1.165, 1.54) is 0 Å². The third-order valence-electron chi connectivity index (χ3n) is 3.52. The summed E-state index contributed by atoms with van der Waals surface area (Å²) < 4.78 is 5.32. The van der Waals surface area contributed by atoms with Gasteiger partial charge in [-0.25, -0.2) is 5.32 Å². The van der Waals surface area contributed by atoms with Crippen LogP contribution in [0.1, 0.15) is 32.6 Å². The van der Waals surface area contributed by atoms with E-state index in [-0.39, 0.29) is 5.91 Å². The van der Waals surface area contributed by atoms with Crippen LogP contribution in [0.15, 0.2) is 0 Å². The summed E-state index contributed by atoms with van der Waals surface area (Å²) in [6, 6.07) is 0.973. The Morgan fingerprint density at radius 2 is 1.69 bits per heavy atom. The lowest BCUT2D eigenvalue weighted by Gasteiger charge is -2.33. The van der Waals surface area contributed by atoms with Crippen LogP contribution in [0, 0.1) is 0 Å². The minimum absolute atomic E-state index is 0.199. The van der Waals surface area contributed by atoms with Gasteiger partial charge in [-0.2, -0.15) is 0 Å². The van der Waals surface area contributed by atoms with Gasteiger partial charge in [0.15, 0.2) is 0 Å². The lowest BCUT2D eigenvalue weighted by atomic mass is 10.0. The average Bonchev–Trinajstić information content (AvgIpc) is 2.31. The number of nitrogens with zero attached hydrogens (tertiary/aromatic N) is 2. The first-order valence-corrected chi connectivity index (χ1v) is 6.29. The molecule has 0 aromatic heterocycles. The highest BCUT2D eigenvalue weighted by atomic mass is 16.5. The van der Waals surface area contributed by atoms with Crippen LogP contribution in [0.3, 0.4) is 0 Å². The number of hydrogen-bond acceptors (Lipinski definition) is 2. The van der Waals surface area contributed by atoms with Gasteiger partial charge >= 0.3 is 0 Å². The highest BCUT2D eigenvalue weighted by molar-refractivity contribution is 5.73. The SMILES string of the molecule is CC(=O)N1CCC([N]C2CCOCC2)CC1. The Kier molecular flexibility index (Phi) is 4.18. The molecule has 0 saturated carbocycles. The summed E-state index contributed by atoms with van der Waals surface area (Å²) in [7, 11) is 0. The van der Waals surface area contributed by atoms with E-state index < -0.39 is 0 Å². The Labute approximate surface area is 97.3 Å². The van der Waals surface area contributed by atoms with Crippen molar-refractivity contribution in [3.8, 4) is 0 Å². The summed E-state index contributed by atoms with van der Waals surface area (Å²) in [6.07, 6.45) is 4.23. The number of likely N-dealkylation sites (tertiary alicyclic amines) is 1. The molecule has 2 saturated heterocycles. The first kappa shape index (κ1) is 11.9. The van der Waals surface area contributed by atoms with Gasteiger partial charge in [0.2, 0.25) is 5.91 Å². The molecule has 1 radical (unpaired) electrons. The number of rotatable bonds is 2. The number of carbonyl (C=O) groups is 1. The predicted octanol–water partition coefficient (Wildman–Crippen LogP) is 0.781. The minimum atomic E-state index is 0.199. The lowest BCUT2D eigenvalue weighted by molar-refractivity contribution is -0.129. The Morgan fingerprint density at radius 1 is 1.12 bits per heavy atom. The number of carbonyl (C=O) groups excluding carboxylic acids is 1. The number of hydrogen-bond donors (Lipinski definition) is 0. The summed E-state index contributed by atoms with van der Waals surface area (Å²) in [6.45, 7) is 5.14. The number of piperidine rings is 1. The molecule has 4 nitrogen and oxygen atoms in total. The topological polar surface area (TPSA) is 43.6 Å². The van der Waals surface area contributed by atoms with E-state index in [4.69, 9.17) is 10.1 Å². The van der Waals surface area contributed by atoms with Crippen LogP contribution in [0.2, 0.25) is 0 Å². The molecule has 2 fully saturated rings. The highest BCUT2D eigenvalue weighted by Gasteiger charge is 2.24. The second-order valence-corrected chi connectivity index (χ2v) is 4.73. The molecule has 2 aliphatic heterocycles. The first-order chi connectivity index (χ1) is 7.75. The maximum Gasteiger partial charge on any atom is 0.219 e. The summed E-state index contributed by atoms with van der Waals surface area (Å²) in [5, 5.41) is 4.87. The first-order valence-electron chi connectivity index (χ1n) is 6.29. The van der Waals surface area contributed by atoms with E-state index in [1.807, 2.05) is 4.90 Å². The van der Waals surface area contributed by atoms with Crippen molar-refractivity contribution >= 4 is 5.91 Å². The van der Waals surface area contributed by atoms with Gasteiger partial charge in [0.1, 0.15) is 0 Å². The number of ether oxygens (including phenoxy) is 1. The molecule has 2 heterocycles. The van der Waals surface area contributed by atoms with Gasteiger partial charge in [-0.3, -0.25) is 4.79 Å².